The highest BCUT2D eigenvalue weighted by atomic mass is 16.7. The number of hydrogen-bond acceptors (Lipinski definition) is 7. The maximum Gasteiger partial charge on any atom is 0.310 e. The van der Waals surface area contributed by atoms with E-state index in [1.54, 1.807) is 36.9 Å². The van der Waals surface area contributed by atoms with Gasteiger partial charge in [0.25, 0.3) is 0 Å². The first-order chi connectivity index (χ1) is 18.8. The van der Waals surface area contributed by atoms with Gasteiger partial charge in [-0.3, -0.25) is 19.1 Å². The summed E-state index contributed by atoms with van der Waals surface area (Å²) < 4.78 is 17.5. The number of likely N-dealkylation sites (N-methyl/N-ethyl adjacent to an activating group) is 1. The van der Waals surface area contributed by atoms with E-state index < -0.39 is 6.04 Å². The second kappa shape index (κ2) is 12.5. The van der Waals surface area contributed by atoms with Crippen LogP contribution in [0.3, 0.4) is 0 Å². The van der Waals surface area contributed by atoms with Gasteiger partial charge in [-0.15, -0.1) is 0 Å². The van der Waals surface area contributed by atoms with Gasteiger partial charge in [0.2, 0.25) is 18.6 Å². The largest absolute Gasteiger partial charge is 0.466 e. The highest BCUT2D eigenvalue weighted by Crippen LogP contribution is 2.35. The number of carbonyl (C=O) groups excluding carboxylic acids is 3. The number of aromatic nitrogens is 2. The van der Waals surface area contributed by atoms with Gasteiger partial charge in [0.1, 0.15) is 12.6 Å². The van der Waals surface area contributed by atoms with Gasteiger partial charge in [0.05, 0.1) is 18.7 Å². The number of aryl methyl sites for hydroxylation is 1. The van der Waals surface area contributed by atoms with Crippen LogP contribution in [0.1, 0.15) is 36.4 Å². The van der Waals surface area contributed by atoms with Crippen molar-refractivity contribution in [2.24, 2.45) is 0 Å². The molecule has 10 nitrogen and oxygen atoms in total. The third-order valence-corrected chi connectivity index (χ3v) is 6.66. The molecule has 39 heavy (non-hydrogen) atoms. The standard InChI is InChI=1S/C29H34N4O6/c1-5-23-22(16-28(35)37-6-2)19(3)33(31-23)17-27(34)30-24(14-20-10-8-7-9-11-20)29(36)32(4)21-12-13-25-26(15-21)39-18-38-25/h7-13,15,24H,5-6,14,16-18H2,1-4H3,(H,30,34)/t24-/m0/s1. The van der Waals surface area contributed by atoms with Crippen molar-refractivity contribution in [1.82, 2.24) is 15.1 Å². The molecule has 0 radical (unpaired) electrons. The molecule has 10 heteroatoms. The second-order valence-corrected chi connectivity index (χ2v) is 9.25. The highest BCUT2D eigenvalue weighted by Gasteiger charge is 2.27. The van der Waals surface area contributed by atoms with Gasteiger partial charge in [-0.1, -0.05) is 37.3 Å². The molecule has 0 bridgehead atoms. The van der Waals surface area contributed by atoms with Gasteiger partial charge in [-0.2, -0.15) is 5.10 Å². The minimum absolute atomic E-state index is 0.0893. The minimum Gasteiger partial charge on any atom is -0.466 e. The van der Waals surface area contributed by atoms with Gasteiger partial charge < -0.3 is 24.4 Å². The molecule has 3 aromatic rings. The molecule has 2 amide bonds. The van der Waals surface area contributed by atoms with E-state index in [1.165, 1.54) is 4.90 Å². The Kier molecular flexibility index (Phi) is 8.85. The van der Waals surface area contributed by atoms with E-state index in [1.807, 2.05) is 44.2 Å². The summed E-state index contributed by atoms with van der Waals surface area (Å²) in [5.74, 6) is 0.214. The quantitative estimate of drug-likeness (QED) is 0.377. The van der Waals surface area contributed by atoms with Crippen LogP contribution in [-0.2, 0) is 44.9 Å². The average Bonchev–Trinajstić information content (AvgIpc) is 3.52. The number of fused-ring (bicyclic) bond motifs is 1. The Hall–Kier alpha value is -4.34. The molecule has 0 spiro atoms. The number of rotatable bonds is 11. The fraction of sp³-hybridized carbons (Fsp3) is 0.379. The lowest BCUT2D eigenvalue weighted by atomic mass is 10.0. The fourth-order valence-electron chi connectivity index (χ4n) is 4.55. The molecule has 1 N–H and O–H groups in total. The van der Waals surface area contributed by atoms with Crippen LogP contribution in [0.4, 0.5) is 5.69 Å². The molecule has 1 atom stereocenters. The van der Waals surface area contributed by atoms with Crippen LogP contribution >= 0.6 is 0 Å². The highest BCUT2D eigenvalue weighted by molar-refractivity contribution is 5.99. The molecule has 4 rings (SSSR count). The normalized spacial score (nSPS) is 12.6. The number of nitrogens with one attached hydrogen (secondary N) is 1. The second-order valence-electron chi connectivity index (χ2n) is 9.25. The Labute approximate surface area is 227 Å². The van der Waals surface area contributed by atoms with Gasteiger partial charge >= 0.3 is 5.97 Å². The first kappa shape index (κ1) is 27.7. The van der Waals surface area contributed by atoms with Crippen LogP contribution in [0.2, 0.25) is 0 Å². The van der Waals surface area contributed by atoms with E-state index >= 15 is 0 Å². The van der Waals surface area contributed by atoms with Crippen LogP contribution in [-0.4, -0.2) is 54.1 Å². The van der Waals surface area contributed by atoms with Crippen molar-refractivity contribution < 1.29 is 28.6 Å². The number of nitrogens with zero attached hydrogens (tertiary/aromatic N) is 3. The molecule has 0 saturated heterocycles. The molecule has 1 aromatic heterocycles. The monoisotopic (exact) mass is 534 g/mol. The van der Waals surface area contributed by atoms with Crippen LogP contribution in [0.5, 0.6) is 11.5 Å². The van der Waals surface area contributed by atoms with Gasteiger partial charge in [-0.25, -0.2) is 0 Å². The predicted molar refractivity (Wildman–Crippen MR) is 145 cm³/mol. The average molecular weight is 535 g/mol. The molecule has 0 aliphatic carbocycles. The number of carbonyl (C=O) groups is 3. The predicted octanol–water partition coefficient (Wildman–Crippen LogP) is 2.98. The van der Waals surface area contributed by atoms with Crippen molar-refractivity contribution >= 4 is 23.5 Å². The van der Waals surface area contributed by atoms with E-state index in [0.29, 0.717) is 36.6 Å². The fourth-order valence-corrected chi connectivity index (χ4v) is 4.55. The molecule has 2 aromatic carbocycles. The Morgan fingerprint density at radius 1 is 1.10 bits per heavy atom. The van der Waals surface area contributed by atoms with Crippen molar-refractivity contribution in [3.05, 3.63) is 71.0 Å². The SMILES string of the molecule is CCOC(=O)Cc1c(CC)nn(CC(=O)N[C@@H](Cc2ccccc2)C(=O)N(C)c2ccc3c(c2)OCO3)c1C. The summed E-state index contributed by atoms with van der Waals surface area (Å²) in [5, 5.41) is 7.47. The maximum atomic E-state index is 13.7. The molecular weight excluding hydrogens is 500 g/mol. The van der Waals surface area contributed by atoms with E-state index in [9.17, 15) is 14.4 Å². The third-order valence-electron chi connectivity index (χ3n) is 6.66. The van der Waals surface area contributed by atoms with Crippen molar-refractivity contribution in [3.63, 3.8) is 0 Å². The Bertz CT molecular complexity index is 1340. The molecule has 1 aliphatic heterocycles. The maximum absolute atomic E-state index is 13.7. The van der Waals surface area contributed by atoms with E-state index in [0.717, 1.165) is 22.5 Å². The number of amides is 2. The molecule has 2 heterocycles. The van der Waals surface area contributed by atoms with Crippen LogP contribution in [0.15, 0.2) is 48.5 Å². The third kappa shape index (κ3) is 6.57. The van der Waals surface area contributed by atoms with Crippen molar-refractivity contribution in [1.29, 1.82) is 0 Å². The minimum atomic E-state index is -0.823. The van der Waals surface area contributed by atoms with E-state index in [2.05, 4.69) is 10.4 Å². The topological polar surface area (TPSA) is 112 Å². The molecule has 0 fully saturated rings. The molecule has 206 valence electrons. The summed E-state index contributed by atoms with van der Waals surface area (Å²) in [7, 11) is 1.66. The Morgan fingerprint density at radius 2 is 1.85 bits per heavy atom. The molecule has 0 saturated carbocycles. The van der Waals surface area contributed by atoms with Crippen molar-refractivity contribution in [2.45, 2.75) is 52.6 Å². The van der Waals surface area contributed by atoms with Gasteiger partial charge in [-0.05, 0) is 38.0 Å². The summed E-state index contributed by atoms with van der Waals surface area (Å²) in [6.45, 7) is 5.88. The van der Waals surface area contributed by atoms with E-state index in [4.69, 9.17) is 14.2 Å². The summed E-state index contributed by atoms with van der Waals surface area (Å²) in [6, 6.07) is 14.0. The van der Waals surface area contributed by atoms with Crippen molar-refractivity contribution in [2.75, 3.05) is 25.3 Å². The van der Waals surface area contributed by atoms with Crippen LogP contribution < -0.4 is 19.7 Å². The lowest BCUT2D eigenvalue weighted by Crippen LogP contribution is -2.49. The zero-order valence-electron chi connectivity index (χ0n) is 22.7. The lowest BCUT2D eigenvalue weighted by molar-refractivity contribution is -0.142. The van der Waals surface area contributed by atoms with Gasteiger partial charge in [0, 0.05) is 36.5 Å². The number of esters is 1. The summed E-state index contributed by atoms with van der Waals surface area (Å²) in [5.41, 5.74) is 3.76. The lowest BCUT2D eigenvalue weighted by Gasteiger charge is -2.25. The Morgan fingerprint density at radius 3 is 2.56 bits per heavy atom. The summed E-state index contributed by atoms with van der Waals surface area (Å²) in [6.07, 6.45) is 1.02. The number of hydrogen-bond donors (Lipinski definition) is 1. The summed E-state index contributed by atoms with van der Waals surface area (Å²) in [4.78, 5) is 40.5. The number of benzene rings is 2. The molecule has 1 aliphatic rings. The number of anilines is 1. The Balaban J connectivity index is 1.52. The molecular formula is C29H34N4O6. The molecule has 0 unspecified atom stereocenters. The van der Waals surface area contributed by atoms with E-state index in [-0.39, 0.29) is 37.5 Å². The first-order valence-corrected chi connectivity index (χ1v) is 13.0. The van der Waals surface area contributed by atoms with Crippen LogP contribution in [0, 0.1) is 6.92 Å². The summed E-state index contributed by atoms with van der Waals surface area (Å²) >= 11 is 0. The first-order valence-electron chi connectivity index (χ1n) is 13.0. The smallest absolute Gasteiger partial charge is 0.310 e. The number of ether oxygens (including phenoxy) is 3. The zero-order chi connectivity index (χ0) is 27.9. The van der Waals surface area contributed by atoms with Crippen molar-refractivity contribution in [3.8, 4) is 11.5 Å². The zero-order valence-corrected chi connectivity index (χ0v) is 22.7. The van der Waals surface area contributed by atoms with Gasteiger partial charge in [0.15, 0.2) is 11.5 Å². The van der Waals surface area contributed by atoms with Crippen LogP contribution in [0.25, 0.3) is 0 Å².